The van der Waals surface area contributed by atoms with Crippen molar-refractivity contribution in [3.8, 4) is 11.5 Å². The number of methoxy groups -OCH3 is 2. The van der Waals surface area contributed by atoms with E-state index in [0.717, 1.165) is 4.57 Å². The second-order valence-corrected chi connectivity index (χ2v) is 6.90. The molecule has 2 aromatic carbocycles. The van der Waals surface area contributed by atoms with Crippen LogP contribution in [0, 0.1) is 5.92 Å². The van der Waals surface area contributed by atoms with Gasteiger partial charge in [0.1, 0.15) is 17.5 Å². The van der Waals surface area contributed by atoms with Crippen LogP contribution in [0.4, 0.5) is 5.69 Å². The Morgan fingerprint density at radius 1 is 1.07 bits per heavy atom. The fourth-order valence-electron chi connectivity index (χ4n) is 3.26. The molecule has 8 nitrogen and oxygen atoms in total. The van der Waals surface area contributed by atoms with Crippen LogP contribution < -0.4 is 26.0 Å². The molecule has 152 valence electrons. The molecule has 0 spiro atoms. The van der Waals surface area contributed by atoms with E-state index in [1.807, 2.05) is 0 Å². The van der Waals surface area contributed by atoms with E-state index in [9.17, 15) is 14.4 Å². The summed E-state index contributed by atoms with van der Waals surface area (Å²) in [7, 11) is 3.00. The minimum absolute atomic E-state index is 0.320. The zero-order valence-electron chi connectivity index (χ0n) is 16.7. The number of nitrogens with zero attached hydrogens (tertiary/aromatic N) is 1. The number of H-pyrrole nitrogens is 1. The highest BCUT2D eigenvalue weighted by Crippen LogP contribution is 2.30. The molecule has 8 heteroatoms. The fraction of sp³-hybridized carbons (Fsp3) is 0.286. The number of anilines is 1. The lowest BCUT2D eigenvalue weighted by molar-refractivity contribution is -0.120. The molecule has 0 bridgehead atoms. The van der Waals surface area contributed by atoms with Gasteiger partial charge in [0.15, 0.2) is 0 Å². The lowest BCUT2D eigenvalue weighted by Gasteiger charge is -2.23. The van der Waals surface area contributed by atoms with Crippen molar-refractivity contribution < 1.29 is 14.3 Å². The molecule has 1 atom stereocenters. The summed E-state index contributed by atoms with van der Waals surface area (Å²) in [5.41, 5.74) is -0.308. The molecule has 0 radical (unpaired) electrons. The van der Waals surface area contributed by atoms with Crippen molar-refractivity contribution in [3.05, 3.63) is 63.3 Å². The zero-order valence-corrected chi connectivity index (χ0v) is 16.7. The summed E-state index contributed by atoms with van der Waals surface area (Å²) in [4.78, 5) is 41.4. The van der Waals surface area contributed by atoms with Crippen molar-refractivity contribution >= 4 is 22.5 Å². The van der Waals surface area contributed by atoms with E-state index in [1.54, 1.807) is 56.3 Å². The van der Waals surface area contributed by atoms with Crippen LogP contribution in [0.5, 0.6) is 11.5 Å². The number of nitrogens with one attached hydrogen (secondary N) is 2. The molecular weight excluding hydrogens is 374 g/mol. The Kier molecular flexibility index (Phi) is 5.72. The lowest BCUT2D eigenvalue weighted by atomic mass is 10.0. The molecule has 0 aliphatic carbocycles. The fourth-order valence-corrected chi connectivity index (χ4v) is 3.26. The molecule has 0 aliphatic heterocycles. The van der Waals surface area contributed by atoms with E-state index in [4.69, 9.17) is 9.47 Å². The average Bonchev–Trinajstić information content (AvgIpc) is 2.70. The van der Waals surface area contributed by atoms with Crippen molar-refractivity contribution in [2.24, 2.45) is 5.92 Å². The minimum Gasteiger partial charge on any atom is -0.497 e. The number of benzene rings is 2. The van der Waals surface area contributed by atoms with Crippen molar-refractivity contribution in [1.29, 1.82) is 0 Å². The molecule has 1 aromatic heterocycles. The second-order valence-electron chi connectivity index (χ2n) is 6.90. The summed E-state index contributed by atoms with van der Waals surface area (Å²) >= 11 is 0. The largest absolute Gasteiger partial charge is 0.497 e. The van der Waals surface area contributed by atoms with Gasteiger partial charge in [-0.1, -0.05) is 26.0 Å². The van der Waals surface area contributed by atoms with Crippen LogP contribution in [-0.4, -0.2) is 29.7 Å². The average molecular weight is 397 g/mol. The van der Waals surface area contributed by atoms with Crippen molar-refractivity contribution in [2.45, 2.75) is 19.9 Å². The van der Waals surface area contributed by atoms with Crippen LogP contribution >= 0.6 is 0 Å². The number of hydrogen-bond acceptors (Lipinski definition) is 5. The van der Waals surface area contributed by atoms with Crippen molar-refractivity contribution in [3.63, 3.8) is 0 Å². The minimum atomic E-state index is -1.01. The Morgan fingerprint density at radius 2 is 1.79 bits per heavy atom. The van der Waals surface area contributed by atoms with E-state index in [-0.39, 0.29) is 5.92 Å². The molecule has 3 aromatic rings. The normalized spacial score (nSPS) is 12.0. The van der Waals surface area contributed by atoms with E-state index in [0.29, 0.717) is 28.1 Å². The number of para-hydroxylation sites is 1. The maximum Gasteiger partial charge on any atom is 0.329 e. The summed E-state index contributed by atoms with van der Waals surface area (Å²) in [6, 6.07) is 10.6. The van der Waals surface area contributed by atoms with Gasteiger partial charge in [-0.25, -0.2) is 9.36 Å². The summed E-state index contributed by atoms with van der Waals surface area (Å²) in [5.74, 6) is 0.160. The van der Waals surface area contributed by atoms with E-state index >= 15 is 0 Å². The predicted octanol–water partition coefficient (Wildman–Crippen LogP) is 2.54. The van der Waals surface area contributed by atoms with Gasteiger partial charge in [-0.2, -0.15) is 0 Å². The van der Waals surface area contributed by atoms with Crippen LogP contribution in [0.3, 0.4) is 0 Å². The molecule has 0 fully saturated rings. The monoisotopic (exact) mass is 397 g/mol. The Morgan fingerprint density at radius 3 is 2.45 bits per heavy atom. The number of amides is 1. The molecule has 1 amide bonds. The maximum atomic E-state index is 13.1. The van der Waals surface area contributed by atoms with E-state index in [2.05, 4.69) is 10.3 Å². The number of hydrogen-bond donors (Lipinski definition) is 2. The lowest BCUT2D eigenvalue weighted by Crippen LogP contribution is -2.44. The number of carbonyl (C=O) groups excluding carboxylic acids is 1. The van der Waals surface area contributed by atoms with Gasteiger partial charge in [-0.15, -0.1) is 0 Å². The van der Waals surface area contributed by atoms with E-state index in [1.165, 1.54) is 14.2 Å². The third kappa shape index (κ3) is 3.87. The Bertz CT molecular complexity index is 1160. The first kappa shape index (κ1) is 20.2. The summed E-state index contributed by atoms with van der Waals surface area (Å²) in [6.07, 6.45) is 0. The first-order valence-corrected chi connectivity index (χ1v) is 9.13. The van der Waals surface area contributed by atoms with Crippen LogP contribution in [0.1, 0.15) is 19.9 Å². The van der Waals surface area contributed by atoms with Gasteiger partial charge >= 0.3 is 5.69 Å². The summed E-state index contributed by atoms with van der Waals surface area (Å²) < 4.78 is 11.4. The standard InChI is InChI=1S/C21H23N3O5/c1-12(2)18(19(25)22-16-10-9-13(28-3)11-17(16)29-4)24-20(26)14-7-5-6-8-15(14)23-21(24)27/h5-12,18H,1-4H3,(H,22,25)(H,23,27). The Labute approximate surface area is 167 Å². The number of fused-ring (bicyclic) bond motifs is 1. The maximum absolute atomic E-state index is 13.1. The highest BCUT2D eigenvalue weighted by molar-refractivity contribution is 5.95. The molecule has 1 heterocycles. The smallest absolute Gasteiger partial charge is 0.329 e. The third-order valence-electron chi connectivity index (χ3n) is 4.68. The molecule has 3 rings (SSSR count). The summed E-state index contributed by atoms with van der Waals surface area (Å²) in [5, 5.41) is 3.10. The first-order chi connectivity index (χ1) is 13.9. The number of ether oxygens (including phenoxy) is 2. The summed E-state index contributed by atoms with van der Waals surface area (Å²) in [6.45, 7) is 3.55. The molecule has 1 unspecified atom stereocenters. The Hall–Kier alpha value is -3.55. The van der Waals surface area contributed by atoms with Crippen molar-refractivity contribution in [1.82, 2.24) is 9.55 Å². The van der Waals surface area contributed by atoms with Crippen LogP contribution in [0.25, 0.3) is 10.9 Å². The number of aromatic amines is 1. The predicted molar refractivity (Wildman–Crippen MR) is 111 cm³/mol. The third-order valence-corrected chi connectivity index (χ3v) is 4.68. The first-order valence-electron chi connectivity index (χ1n) is 9.13. The second kappa shape index (κ2) is 8.22. The molecule has 0 saturated carbocycles. The van der Waals surface area contributed by atoms with Crippen LogP contribution in [0.2, 0.25) is 0 Å². The molecule has 0 saturated heterocycles. The Balaban J connectivity index is 2.06. The van der Waals surface area contributed by atoms with Gasteiger partial charge in [0.05, 0.1) is 30.8 Å². The van der Waals surface area contributed by atoms with Gasteiger partial charge in [0.2, 0.25) is 5.91 Å². The van der Waals surface area contributed by atoms with Crippen LogP contribution in [0.15, 0.2) is 52.1 Å². The SMILES string of the molecule is COc1ccc(NC(=O)C(C(C)C)n2c(=O)[nH]c3ccccc3c2=O)c(OC)c1. The van der Waals surface area contributed by atoms with E-state index < -0.39 is 23.2 Å². The van der Waals surface area contributed by atoms with Gasteiger partial charge < -0.3 is 19.8 Å². The van der Waals surface area contributed by atoms with Gasteiger partial charge in [-0.3, -0.25) is 9.59 Å². The van der Waals surface area contributed by atoms with Crippen LogP contribution in [-0.2, 0) is 4.79 Å². The molecule has 0 aliphatic rings. The molecular formula is C21H23N3O5. The highest BCUT2D eigenvalue weighted by atomic mass is 16.5. The van der Waals surface area contributed by atoms with Crippen molar-refractivity contribution in [2.75, 3.05) is 19.5 Å². The highest BCUT2D eigenvalue weighted by Gasteiger charge is 2.28. The number of carbonyl (C=O) groups is 1. The van der Waals surface area contributed by atoms with Gasteiger partial charge in [0, 0.05) is 6.07 Å². The zero-order chi connectivity index (χ0) is 21.1. The topological polar surface area (TPSA) is 102 Å². The molecule has 29 heavy (non-hydrogen) atoms. The number of aromatic nitrogens is 2. The molecule has 2 N–H and O–H groups in total. The van der Waals surface area contributed by atoms with Gasteiger partial charge in [0.25, 0.3) is 5.56 Å². The number of rotatable bonds is 6. The van der Waals surface area contributed by atoms with Gasteiger partial charge in [-0.05, 0) is 30.2 Å². The quantitative estimate of drug-likeness (QED) is 0.665.